The summed E-state index contributed by atoms with van der Waals surface area (Å²) in [6.45, 7) is 4.95. The number of carbonyl (C=O) groups excluding carboxylic acids is 1. The zero-order chi connectivity index (χ0) is 16.0. The number of anilines is 1. The smallest absolute Gasteiger partial charge is 0.227 e. The number of hydrogen-bond donors (Lipinski definition) is 1. The molecule has 1 aliphatic heterocycles. The molecule has 1 fully saturated rings. The second-order valence-electron chi connectivity index (χ2n) is 6.12. The first kappa shape index (κ1) is 13.9. The van der Waals surface area contributed by atoms with Crippen molar-refractivity contribution in [3.8, 4) is 11.3 Å². The number of aromatic amines is 1. The van der Waals surface area contributed by atoms with Gasteiger partial charge in [-0.05, 0) is 49.6 Å². The van der Waals surface area contributed by atoms with Crippen molar-refractivity contribution in [2.45, 2.75) is 26.7 Å². The molecule has 0 saturated carbocycles. The summed E-state index contributed by atoms with van der Waals surface area (Å²) in [6.07, 6.45) is 5.18. The fourth-order valence-electron chi connectivity index (χ4n) is 3.27. The molecule has 5 heteroatoms. The number of benzene rings is 1. The molecule has 3 aromatic rings. The number of nitrogens with zero attached hydrogens (tertiary/aromatic N) is 3. The van der Waals surface area contributed by atoms with Gasteiger partial charge in [-0.2, -0.15) is 5.10 Å². The highest BCUT2D eigenvalue weighted by molar-refractivity contribution is 5.99. The van der Waals surface area contributed by atoms with E-state index in [4.69, 9.17) is 4.98 Å². The Morgan fingerprint density at radius 1 is 1.17 bits per heavy atom. The summed E-state index contributed by atoms with van der Waals surface area (Å²) in [5, 5.41) is 7.95. The second kappa shape index (κ2) is 5.19. The molecule has 4 rings (SSSR count). The van der Waals surface area contributed by atoms with E-state index < -0.39 is 0 Å². The van der Waals surface area contributed by atoms with Crippen molar-refractivity contribution in [3.05, 3.63) is 41.7 Å². The minimum Gasteiger partial charge on any atom is -0.312 e. The van der Waals surface area contributed by atoms with E-state index in [9.17, 15) is 4.79 Å². The number of carbonyl (C=O) groups is 1. The number of aryl methyl sites for hydroxylation is 2. The Morgan fingerprint density at radius 3 is 2.74 bits per heavy atom. The van der Waals surface area contributed by atoms with Crippen molar-refractivity contribution in [3.63, 3.8) is 0 Å². The normalized spacial score (nSPS) is 14.9. The van der Waals surface area contributed by atoms with Crippen molar-refractivity contribution in [1.29, 1.82) is 0 Å². The number of rotatable bonds is 2. The number of fused-ring (bicyclic) bond motifs is 1. The maximum Gasteiger partial charge on any atom is 0.227 e. The number of nitrogens with one attached hydrogen (secondary N) is 1. The van der Waals surface area contributed by atoms with E-state index in [-0.39, 0.29) is 5.91 Å². The molecular weight excluding hydrogens is 288 g/mol. The largest absolute Gasteiger partial charge is 0.312 e. The lowest BCUT2D eigenvalue weighted by Crippen LogP contribution is -2.24. The molecular formula is C18H18N4O. The molecule has 0 radical (unpaired) electrons. The summed E-state index contributed by atoms with van der Waals surface area (Å²) >= 11 is 0. The van der Waals surface area contributed by atoms with Gasteiger partial charge in [-0.15, -0.1) is 0 Å². The standard InChI is InChI=1S/C18H18N4O/c1-11-7-15(13-9-19-20-10-13)21-16-8-17(12(2)6-14(11)16)22-5-3-4-18(22)23/h6-10H,3-5H2,1-2H3,(H,19,20). The molecule has 1 aliphatic rings. The van der Waals surface area contributed by atoms with Crippen LogP contribution in [0.15, 0.2) is 30.6 Å². The van der Waals surface area contributed by atoms with Gasteiger partial charge in [0.15, 0.2) is 0 Å². The Kier molecular flexibility index (Phi) is 3.15. The molecule has 0 spiro atoms. The van der Waals surface area contributed by atoms with Crippen LogP contribution < -0.4 is 4.90 Å². The van der Waals surface area contributed by atoms with Crippen LogP contribution in [0.5, 0.6) is 0 Å². The number of aromatic nitrogens is 3. The molecule has 23 heavy (non-hydrogen) atoms. The van der Waals surface area contributed by atoms with Crippen LogP contribution in [-0.4, -0.2) is 27.6 Å². The Balaban J connectivity index is 1.90. The molecule has 3 heterocycles. The highest BCUT2D eigenvalue weighted by Crippen LogP contribution is 2.32. The number of pyridine rings is 1. The SMILES string of the molecule is Cc1cc2c(C)cc(-c3cn[nH]c3)nc2cc1N1CCCC1=O. The average molecular weight is 306 g/mol. The molecule has 2 aromatic heterocycles. The quantitative estimate of drug-likeness (QED) is 0.789. The average Bonchev–Trinajstić information content (AvgIpc) is 3.19. The van der Waals surface area contributed by atoms with Crippen molar-refractivity contribution in [1.82, 2.24) is 15.2 Å². The van der Waals surface area contributed by atoms with E-state index in [1.807, 2.05) is 17.2 Å². The van der Waals surface area contributed by atoms with Gasteiger partial charge >= 0.3 is 0 Å². The van der Waals surface area contributed by atoms with E-state index in [0.29, 0.717) is 6.42 Å². The molecule has 0 unspecified atom stereocenters. The van der Waals surface area contributed by atoms with Crippen LogP contribution in [0.25, 0.3) is 22.2 Å². The van der Waals surface area contributed by atoms with Crippen LogP contribution in [0.2, 0.25) is 0 Å². The van der Waals surface area contributed by atoms with Crippen molar-refractivity contribution < 1.29 is 4.79 Å². The van der Waals surface area contributed by atoms with Crippen LogP contribution in [0.3, 0.4) is 0 Å². The molecule has 1 amide bonds. The lowest BCUT2D eigenvalue weighted by atomic mass is 10.0. The third-order valence-electron chi connectivity index (χ3n) is 4.49. The minimum absolute atomic E-state index is 0.204. The molecule has 0 bridgehead atoms. The predicted octanol–water partition coefficient (Wildman–Crippen LogP) is 3.37. The van der Waals surface area contributed by atoms with E-state index in [2.05, 4.69) is 36.2 Å². The van der Waals surface area contributed by atoms with Crippen LogP contribution in [0, 0.1) is 13.8 Å². The summed E-state index contributed by atoms with van der Waals surface area (Å²) in [5.41, 5.74) is 6.06. The molecule has 0 aliphatic carbocycles. The van der Waals surface area contributed by atoms with Crippen LogP contribution in [0.4, 0.5) is 5.69 Å². The van der Waals surface area contributed by atoms with Gasteiger partial charge < -0.3 is 4.90 Å². The van der Waals surface area contributed by atoms with Gasteiger partial charge in [-0.3, -0.25) is 9.89 Å². The maximum absolute atomic E-state index is 12.1. The summed E-state index contributed by atoms with van der Waals surface area (Å²) < 4.78 is 0. The van der Waals surface area contributed by atoms with Crippen molar-refractivity contribution in [2.75, 3.05) is 11.4 Å². The Bertz CT molecular complexity index is 899. The Morgan fingerprint density at radius 2 is 2.04 bits per heavy atom. The highest BCUT2D eigenvalue weighted by Gasteiger charge is 2.23. The Hall–Kier alpha value is -2.69. The van der Waals surface area contributed by atoms with E-state index in [1.165, 1.54) is 5.56 Å². The van der Waals surface area contributed by atoms with Gasteiger partial charge in [0.05, 0.1) is 17.4 Å². The van der Waals surface area contributed by atoms with E-state index >= 15 is 0 Å². The fourth-order valence-corrected chi connectivity index (χ4v) is 3.27. The van der Waals surface area contributed by atoms with Gasteiger partial charge in [-0.25, -0.2) is 4.98 Å². The summed E-state index contributed by atoms with van der Waals surface area (Å²) in [5.74, 6) is 0.204. The Labute approximate surface area is 134 Å². The van der Waals surface area contributed by atoms with E-state index in [0.717, 1.165) is 46.4 Å². The van der Waals surface area contributed by atoms with Gasteiger partial charge in [0.1, 0.15) is 0 Å². The van der Waals surface area contributed by atoms with Crippen LogP contribution >= 0.6 is 0 Å². The van der Waals surface area contributed by atoms with Gasteiger partial charge in [0.2, 0.25) is 5.91 Å². The number of amides is 1. The van der Waals surface area contributed by atoms with Gasteiger partial charge in [0.25, 0.3) is 0 Å². The fraction of sp³-hybridized carbons (Fsp3) is 0.278. The third-order valence-corrected chi connectivity index (χ3v) is 4.49. The first-order chi connectivity index (χ1) is 11.1. The number of hydrogen-bond acceptors (Lipinski definition) is 3. The zero-order valence-corrected chi connectivity index (χ0v) is 13.3. The maximum atomic E-state index is 12.1. The van der Waals surface area contributed by atoms with Gasteiger partial charge in [0, 0.05) is 35.8 Å². The van der Waals surface area contributed by atoms with E-state index in [1.54, 1.807) is 6.20 Å². The third kappa shape index (κ3) is 2.29. The topological polar surface area (TPSA) is 61.9 Å². The summed E-state index contributed by atoms with van der Waals surface area (Å²) in [6, 6.07) is 6.26. The summed E-state index contributed by atoms with van der Waals surface area (Å²) in [7, 11) is 0. The molecule has 5 nitrogen and oxygen atoms in total. The van der Waals surface area contributed by atoms with Crippen LogP contribution in [-0.2, 0) is 4.79 Å². The highest BCUT2D eigenvalue weighted by atomic mass is 16.2. The molecule has 116 valence electrons. The lowest BCUT2D eigenvalue weighted by Gasteiger charge is -2.19. The molecule has 1 aromatic carbocycles. The monoisotopic (exact) mass is 306 g/mol. The van der Waals surface area contributed by atoms with Crippen LogP contribution in [0.1, 0.15) is 24.0 Å². The summed E-state index contributed by atoms with van der Waals surface area (Å²) in [4.78, 5) is 18.7. The first-order valence-corrected chi connectivity index (χ1v) is 7.85. The molecule has 1 saturated heterocycles. The molecule has 1 N–H and O–H groups in total. The lowest BCUT2D eigenvalue weighted by molar-refractivity contribution is -0.117. The molecule has 0 atom stereocenters. The van der Waals surface area contributed by atoms with Gasteiger partial charge in [-0.1, -0.05) is 0 Å². The van der Waals surface area contributed by atoms with Crippen molar-refractivity contribution >= 4 is 22.5 Å². The predicted molar refractivity (Wildman–Crippen MR) is 90.4 cm³/mol. The zero-order valence-electron chi connectivity index (χ0n) is 13.3. The minimum atomic E-state index is 0.204. The second-order valence-corrected chi connectivity index (χ2v) is 6.12. The van der Waals surface area contributed by atoms with Crippen molar-refractivity contribution in [2.24, 2.45) is 0 Å². The first-order valence-electron chi connectivity index (χ1n) is 7.85. The number of H-pyrrole nitrogens is 1.